The van der Waals surface area contributed by atoms with Crippen LogP contribution in [-0.2, 0) is 16.0 Å². The summed E-state index contributed by atoms with van der Waals surface area (Å²) in [6.45, 7) is 2.53. The first-order valence-corrected chi connectivity index (χ1v) is 8.93. The zero-order valence-corrected chi connectivity index (χ0v) is 15.2. The first-order chi connectivity index (χ1) is 12.3. The summed E-state index contributed by atoms with van der Waals surface area (Å²) in [5.41, 5.74) is 0.892. The SMILES string of the molecule is COC[C@@H](C)Oc1ccc(CC2CCCCCN2C(=O)C(F)(F)F)cc1. The van der Waals surface area contributed by atoms with E-state index < -0.39 is 18.1 Å². The number of halogens is 3. The Morgan fingerprint density at radius 1 is 1.23 bits per heavy atom. The number of ether oxygens (including phenoxy) is 2. The summed E-state index contributed by atoms with van der Waals surface area (Å²) in [6.07, 6.45) is -1.61. The van der Waals surface area contributed by atoms with Crippen LogP contribution in [-0.4, -0.2) is 49.4 Å². The molecule has 0 radical (unpaired) electrons. The molecule has 1 unspecified atom stereocenters. The largest absolute Gasteiger partial charge is 0.488 e. The molecule has 0 saturated carbocycles. The van der Waals surface area contributed by atoms with Crippen LogP contribution in [0.25, 0.3) is 0 Å². The average Bonchev–Trinajstić information content (AvgIpc) is 2.80. The Morgan fingerprint density at radius 2 is 1.92 bits per heavy atom. The zero-order valence-electron chi connectivity index (χ0n) is 15.2. The van der Waals surface area contributed by atoms with Crippen LogP contribution in [0.4, 0.5) is 13.2 Å². The molecule has 1 amide bonds. The highest BCUT2D eigenvalue weighted by atomic mass is 19.4. The molecule has 146 valence electrons. The van der Waals surface area contributed by atoms with E-state index in [1.165, 1.54) is 0 Å². The topological polar surface area (TPSA) is 38.8 Å². The molecule has 0 bridgehead atoms. The van der Waals surface area contributed by atoms with E-state index in [-0.39, 0.29) is 12.6 Å². The van der Waals surface area contributed by atoms with E-state index in [0.717, 1.165) is 23.3 Å². The normalized spacial score (nSPS) is 19.7. The smallest absolute Gasteiger partial charge is 0.471 e. The molecule has 1 aromatic carbocycles. The molecule has 1 saturated heterocycles. The summed E-state index contributed by atoms with van der Waals surface area (Å²) in [4.78, 5) is 12.8. The molecule has 26 heavy (non-hydrogen) atoms. The predicted molar refractivity (Wildman–Crippen MR) is 92.1 cm³/mol. The highest BCUT2D eigenvalue weighted by molar-refractivity contribution is 5.82. The number of benzene rings is 1. The number of hydrogen-bond donors (Lipinski definition) is 0. The number of hydrogen-bond acceptors (Lipinski definition) is 3. The lowest BCUT2D eigenvalue weighted by Gasteiger charge is -2.31. The minimum Gasteiger partial charge on any atom is -0.488 e. The van der Waals surface area contributed by atoms with Crippen LogP contribution in [0, 0.1) is 0 Å². The van der Waals surface area contributed by atoms with E-state index in [1.54, 1.807) is 19.2 Å². The van der Waals surface area contributed by atoms with Gasteiger partial charge in [0.25, 0.3) is 0 Å². The molecule has 0 aromatic heterocycles. The predicted octanol–water partition coefficient (Wildman–Crippen LogP) is 3.98. The van der Waals surface area contributed by atoms with Gasteiger partial charge in [0.15, 0.2) is 0 Å². The number of methoxy groups -OCH3 is 1. The van der Waals surface area contributed by atoms with E-state index in [0.29, 0.717) is 31.6 Å². The summed E-state index contributed by atoms with van der Waals surface area (Å²) in [6, 6.07) is 6.86. The standard InChI is InChI=1S/C19H26F3NO3/c1-14(13-25-2)26-17-9-7-15(8-10-17)12-16-6-4-3-5-11-23(16)18(24)19(20,21)22/h7-10,14,16H,3-6,11-13H2,1-2H3/t14-,16?/m1/s1. The van der Waals surface area contributed by atoms with Gasteiger partial charge in [-0.15, -0.1) is 0 Å². The number of carbonyl (C=O) groups excluding carboxylic acids is 1. The van der Waals surface area contributed by atoms with E-state index in [1.807, 2.05) is 19.1 Å². The van der Waals surface area contributed by atoms with Gasteiger partial charge in [-0.3, -0.25) is 4.79 Å². The molecule has 2 atom stereocenters. The van der Waals surface area contributed by atoms with Crippen LogP contribution < -0.4 is 4.74 Å². The number of nitrogens with zero attached hydrogens (tertiary/aromatic N) is 1. The maximum atomic E-state index is 12.9. The van der Waals surface area contributed by atoms with Crippen molar-refractivity contribution in [3.63, 3.8) is 0 Å². The summed E-state index contributed by atoms with van der Waals surface area (Å²) in [7, 11) is 1.60. The Kier molecular flexibility index (Phi) is 7.32. The van der Waals surface area contributed by atoms with Gasteiger partial charge in [0.05, 0.1) is 6.61 Å². The summed E-state index contributed by atoms with van der Waals surface area (Å²) >= 11 is 0. The van der Waals surface area contributed by atoms with Crippen molar-refractivity contribution in [1.29, 1.82) is 0 Å². The van der Waals surface area contributed by atoms with Crippen molar-refractivity contribution in [2.24, 2.45) is 0 Å². The molecule has 7 heteroatoms. The van der Waals surface area contributed by atoms with Crippen LogP contribution in [0.3, 0.4) is 0 Å². The second-order valence-electron chi connectivity index (χ2n) is 6.73. The summed E-state index contributed by atoms with van der Waals surface area (Å²) < 4.78 is 49.4. The first-order valence-electron chi connectivity index (χ1n) is 8.93. The Morgan fingerprint density at radius 3 is 2.54 bits per heavy atom. The molecule has 0 spiro atoms. The lowest BCUT2D eigenvalue weighted by atomic mass is 10.0. The Hall–Kier alpha value is -1.76. The van der Waals surface area contributed by atoms with Gasteiger partial charge in [-0.05, 0) is 43.9 Å². The highest BCUT2D eigenvalue weighted by Crippen LogP contribution is 2.27. The van der Waals surface area contributed by atoms with Crippen molar-refractivity contribution in [2.75, 3.05) is 20.3 Å². The third-order valence-electron chi connectivity index (χ3n) is 4.51. The van der Waals surface area contributed by atoms with Crippen LogP contribution in [0.1, 0.15) is 38.2 Å². The van der Waals surface area contributed by atoms with Gasteiger partial charge in [-0.1, -0.05) is 25.0 Å². The molecular weight excluding hydrogens is 347 g/mol. The van der Waals surface area contributed by atoms with Crippen LogP contribution in [0.5, 0.6) is 5.75 Å². The fourth-order valence-corrected chi connectivity index (χ4v) is 3.30. The van der Waals surface area contributed by atoms with E-state index in [2.05, 4.69) is 0 Å². The van der Waals surface area contributed by atoms with Crippen molar-refractivity contribution < 1.29 is 27.4 Å². The molecule has 1 aliphatic rings. The Balaban J connectivity index is 2.05. The van der Waals surface area contributed by atoms with E-state index in [4.69, 9.17) is 9.47 Å². The van der Waals surface area contributed by atoms with Crippen molar-refractivity contribution in [3.05, 3.63) is 29.8 Å². The maximum Gasteiger partial charge on any atom is 0.471 e. The summed E-state index contributed by atoms with van der Waals surface area (Å²) in [5.74, 6) is -1.04. The van der Waals surface area contributed by atoms with Crippen LogP contribution >= 0.6 is 0 Å². The van der Waals surface area contributed by atoms with Crippen molar-refractivity contribution in [3.8, 4) is 5.75 Å². The molecule has 4 nitrogen and oxygen atoms in total. The number of likely N-dealkylation sites (tertiary alicyclic amines) is 1. The third kappa shape index (κ3) is 5.90. The van der Waals surface area contributed by atoms with Crippen LogP contribution in [0.2, 0.25) is 0 Å². The quantitative estimate of drug-likeness (QED) is 0.757. The lowest BCUT2D eigenvalue weighted by Crippen LogP contribution is -2.47. The first kappa shape index (κ1) is 20.6. The van der Waals surface area contributed by atoms with Gasteiger partial charge in [-0.25, -0.2) is 0 Å². The van der Waals surface area contributed by atoms with Gasteiger partial charge in [0.1, 0.15) is 11.9 Å². The molecule has 1 aliphatic heterocycles. The number of rotatable bonds is 6. The average molecular weight is 373 g/mol. The molecule has 2 rings (SSSR count). The number of carbonyl (C=O) groups is 1. The summed E-state index contributed by atoms with van der Waals surface area (Å²) in [5, 5.41) is 0. The van der Waals surface area contributed by atoms with Gasteiger partial charge >= 0.3 is 12.1 Å². The lowest BCUT2D eigenvalue weighted by molar-refractivity contribution is -0.187. The van der Waals surface area contributed by atoms with Gasteiger partial charge in [0, 0.05) is 19.7 Å². The third-order valence-corrected chi connectivity index (χ3v) is 4.51. The maximum absolute atomic E-state index is 12.9. The van der Waals surface area contributed by atoms with Crippen molar-refractivity contribution in [1.82, 2.24) is 4.90 Å². The minimum absolute atomic E-state index is 0.0902. The second-order valence-corrected chi connectivity index (χ2v) is 6.73. The molecular formula is C19H26F3NO3. The monoisotopic (exact) mass is 373 g/mol. The molecule has 1 heterocycles. The molecule has 0 aliphatic carbocycles. The Labute approximate surface area is 152 Å². The zero-order chi connectivity index (χ0) is 19.2. The van der Waals surface area contributed by atoms with Gasteiger partial charge in [0.2, 0.25) is 0 Å². The fourth-order valence-electron chi connectivity index (χ4n) is 3.30. The minimum atomic E-state index is -4.82. The Bertz CT molecular complexity index is 574. The van der Waals surface area contributed by atoms with Crippen molar-refractivity contribution >= 4 is 5.91 Å². The van der Waals surface area contributed by atoms with E-state index in [9.17, 15) is 18.0 Å². The van der Waals surface area contributed by atoms with Gasteiger partial charge in [-0.2, -0.15) is 13.2 Å². The molecule has 0 N–H and O–H groups in total. The van der Waals surface area contributed by atoms with E-state index >= 15 is 0 Å². The molecule has 1 fully saturated rings. The van der Waals surface area contributed by atoms with Gasteiger partial charge < -0.3 is 14.4 Å². The second kappa shape index (κ2) is 9.26. The number of alkyl halides is 3. The fraction of sp³-hybridized carbons (Fsp3) is 0.632. The number of amides is 1. The highest BCUT2D eigenvalue weighted by Gasteiger charge is 2.44. The van der Waals surface area contributed by atoms with Crippen LogP contribution in [0.15, 0.2) is 24.3 Å². The van der Waals surface area contributed by atoms with Crippen molar-refractivity contribution in [2.45, 2.75) is 57.3 Å². The molecule has 1 aromatic rings.